The Kier molecular flexibility index (Phi) is 5.44. The zero-order chi connectivity index (χ0) is 16.1. The van der Waals surface area contributed by atoms with Crippen molar-refractivity contribution in [2.45, 2.75) is 26.7 Å². The van der Waals surface area contributed by atoms with Crippen molar-refractivity contribution in [1.29, 1.82) is 0 Å². The number of nitrogens with one attached hydrogen (secondary N) is 2. The van der Waals surface area contributed by atoms with E-state index in [-0.39, 0.29) is 12.2 Å². The fourth-order valence-electron chi connectivity index (χ4n) is 2.26. The van der Waals surface area contributed by atoms with E-state index in [0.717, 1.165) is 12.8 Å². The van der Waals surface area contributed by atoms with Gasteiger partial charge in [-0.1, -0.05) is 37.1 Å². The zero-order valence-electron chi connectivity index (χ0n) is 12.7. The number of hydrogen-bond acceptors (Lipinski definition) is 4. The van der Waals surface area contributed by atoms with E-state index in [1.807, 2.05) is 6.07 Å². The fraction of sp³-hybridized carbons (Fsp3) is 0.375. The van der Waals surface area contributed by atoms with Crippen molar-refractivity contribution in [1.82, 2.24) is 4.98 Å². The summed E-state index contributed by atoms with van der Waals surface area (Å²) in [4.78, 5) is 27.1. The van der Waals surface area contributed by atoms with Gasteiger partial charge in [-0.3, -0.25) is 4.79 Å². The predicted molar refractivity (Wildman–Crippen MR) is 88.9 cm³/mol. The molecule has 2 rings (SSSR count). The van der Waals surface area contributed by atoms with E-state index in [1.54, 1.807) is 19.1 Å². The lowest BCUT2D eigenvalue weighted by molar-refractivity contribution is 0.0525. The number of carbonyl (C=O) groups is 1. The number of esters is 1. The molecule has 0 amide bonds. The molecule has 1 heterocycles. The van der Waals surface area contributed by atoms with E-state index in [4.69, 9.17) is 16.3 Å². The summed E-state index contributed by atoms with van der Waals surface area (Å²) in [6, 6.07) is 5.29. The highest BCUT2D eigenvalue weighted by atomic mass is 35.5. The largest absolute Gasteiger partial charge is 0.462 e. The summed E-state index contributed by atoms with van der Waals surface area (Å²) in [5.74, 6) is -0.635. The lowest BCUT2D eigenvalue weighted by Crippen LogP contribution is -2.23. The van der Waals surface area contributed by atoms with Crippen LogP contribution < -0.4 is 10.9 Å². The maximum Gasteiger partial charge on any atom is 0.345 e. The van der Waals surface area contributed by atoms with Crippen LogP contribution in [-0.2, 0) is 4.74 Å². The number of halogens is 1. The summed E-state index contributed by atoms with van der Waals surface area (Å²) in [5.41, 5.74) is 0.486. The number of benzene rings is 1. The van der Waals surface area contributed by atoms with Crippen LogP contribution in [-0.4, -0.2) is 24.1 Å². The molecule has 5 nitrogen and oxygen atoms in total. The third-order valence-electron chi connectivity index (χ3n) is 3.31. The molecule has 0 aliphatic heterocycles. The second-order valence-corrected chi connectivity index (χ2v) is 5.27. The summed E-state index contributed by atoms with van der Waals surface area (Å²) < 4.78 is 5.00. The SMILES string of the molecule is CCCCNc1c(C(=O)OCC)c(=O)[nH]c2c(Cl)cccc12. The summed E-state index contributed by atoms with van der Waals surface area (Å²) >= 11 is 6.14. The van der Waals surface area contributed by atoms with Gasteiger partial charge in [0.15, 0.2) is 0 Å². The van der Waals surface area contributed by atoms with Crippen LogP contribution in [0.2, 0.25) is 5.02 Å². The number of para-hydroxylation sites is 1. The molecule has 0 bridgehead atoms. The third-order valence-corrected chi connectivity index (χ3v) is 3.63. The van der Waals surface area contributed by atoms with E-state index in [0.29, 0.717) is 28.2 Å². The fourth-order valence-corrected chi connectivity index (χ4v) is 2.48. The molecule has 0 saturated carbocycles. The van der Waals surface area contributed by atoms with Gasteiger partial charge < -0.3 is 15.0 Å². The average Bonchev–Trinajstić information content (AvgIpc) is 2.48. The Morgan fingerprint density at radius 2 is 2.14 bits per heavy atom. The molecular weight excluding hydrogens is 304 g/mol. The molecule has 22 heavy (non-hydrogen) atoms. The molecule has 0 unspecified atom stereocenters. The molecular formula is C16H19ClN2O3. The van der Waals surface area contributed by atoms with Crippen molar-refractivity contribution in [2.24, 2.45) is 0 Å². The predicted octanol–water partition coefficient (Wildman–Crippen LogP) is 3.57. The maximum absolute atomic E-state index is 12.3. The van der Waals surface area contributed by atoms with Crippen LogP contribution >= 0.6 is 11.6 Å². The standard InChI is InChI=1S/C16H19ClN2O3/c1-3-5-9-18-14-10-7-6-8-11(17)13(10)19-15(20)12(14)16(21)22-4-2/h6-8H,3-5,9H2,1-2H3,(H2,18,19,20). The number of aromatic nitrogens is 1. The van der Waals surface area contributed by atoms with E-state index in [1.165, 1.54) is 0 Å². The van der Waals surface area contributed by atoms with Gasteiger partial charge >= 0.3 is 5.97 Å². The van der Waals surface area contributed by atoms with Crippen LogP contribution in [0.3, 0.4) is 0 Å². The van der Waals surface area contributed by atoms with Crippen molar-refractivity contribution in [2.75, 3.05) is 18.5 Å². The summed E-state index contributed by atoms with van der Waals surface area (Å²) in [6.45, 7) is 4.64. The second-order valence-electron chi connectivity index (χ2n) is 4.87. The van der Waals surface area contributed by atoms with E-state index < -0.39 is 11.5 Å². The Morgan fingerprint density at radius 3 is 2.82 bits per heavy atom. The smallest absolute Gasteiger partial charge is 0.345 e. The number of carbonyl (C=O) groups excluding carboxylic acids is 1. The van der Waals surface area contributed by atoms with Gasteiger partial charge in [0, 0.05) is 11.9 Å². The minimum Gasteiger partial charge on any atom is -0.462 e. The number of hydrogen-bond donors (Lipinski definition) is 2. The van der Waals surface area contributed by atoms with Crippen molar-refractivity contribution in [3.63, 3.8) is 0 Å². The molecule has 0 aliphatic carbocycles. The van der Waals surface area contributed by atoms with Gasteiger partial charge in [0.25, 0.3) is 5.56 Å². The zero-order valence-corrected chi connectivity index (χ0v) is 13.4. The van der Waals surface area contributed by atoms with E-state index in [2.05, 4.69) is 17.2 Å². The van der Waals surface area contributed by atoms with Crippen molar-refractivity contribution in [3.8, 4) is 0 Å². The lowest BCUT2D eigenvalue weighted by atomic mass is 10.1. The summed E-state index contributed by atoms with van der Waals surface area (Å²) in [6.07, 6.45) is 1.93. The number of aromatic amines is 1. The topological polar surface area (TPSA) is 71.2 Å². The van der Waals surface area contributed by atoms with Crippen LogP contribution in [0.4, 0.5) is 5.69 Å². The van der Waals surface area contributed by atoms with Crippen LogP contribution in [0.25, 0.3) is 10.9 Å². The molecule has 2 N–H and O–H groups in total. The highest BCUT2D eigenvalue weighted by Gasteiger charge is 2.21. The first-order chi connectivity index (χ1) is 10.6. The number of rotatable bonds is 6. The molecule has 1 aromatic heterocycles. The highest BCUT2D eigenvalue weighted by Crippen LogP contribution is 2.28. The molecule has 0 radical (unpaired) electrons. The Hall–Kier alpha value is -2.01. The Balaban J connectivity index is 2.65. The van der Waals surface area contributed by atoms with Crippen LogP contribution in [0, 0.1) is 0 Å². The first-order valence-electron chi connectivity index (χ1n) is 7.35. The number of H-pyrrole nitrogens is 1. The van der Waals surface area contributed by atoms with Gasteiger partial charge in [-0.05, 0) is 19.4 Å². The quantitative estimate of drug-likeness (QED) is 0.630. The first kappa shape index (κ1) is 16.4. The molecule has 1 aromatic carbocycles. The normalized spacial score (nSPS) is 10.7. The maximum atomic E-state index is 12.3. The van der Waals surface area contributed by atoms with E-state index in [9.17, 15) is 9.59 Å². The van der Waals surface area contributed by atoms with Gasteiger partial charge in [0.2, 0.25) is 0 Å². The van der Waals surface area contributed by atoms with Gasteiger partial charge in [-0.2, -0.15) is 0 Å². The Labute approximate surface area is 133 Å². The monoisotopic (exact) mass is 322 g/mol. The molecule has 6 heteroatoms. The number of unbranched alkanes of at least 4 members (excludes halogenated alkanes) is 1. The number of ether oxygens (including phenoxy) is 1. The minimum atomic E-state index is -0.635. The molecule has 2 aromatic rings. The molecule has 0 saturated heterocycles. The average molecular weight is 323 g/mol. The molecule has 0 aliphatic rings. The van der Waals surface area contributed by atoms with Crippen LogP contribution in [0.15, 0.2) is 23.0 Å². The van der Waals surface area contributed by atoms with Crippen LogP contribution in [0.1, 0.15) is 37.0 Å². The minimum absolute atomic E-state index is 0.00674. The Morgan fingerprint density at radius 1 is 1.36 bits per heavy atom. The van der Waals surface area contributed by atoms with Gasteiger partial charge in [0.05, 0.1) is 22.8 Å². The van der Waals surface area contributed by atoms with Crippen LogP contribution in [0.5, 0.6) is 0 Å². The second kappa shape index (κ2) is 7.31. The number of fused-ring (bicyclic) bond motifs is 1. The van der Waals surface area contributed by atoms with Crippen molar-refractivity contribution >= 4 is 34.2 Å². The highest BCUT2D eigenvalue weighted by molar-refractivity contribution is 6.35. The lowest BCUT2D eigenvalue weighted by Gasteiger charge is -2.14. The van der Waals surface area contributed by atoms with Gasteiger partial charge in [-0.15, -0.1) is 0 Å². The first-order valence-corrected chi connectivity index (χ1v) is 7.73. The Bertz CT molecular complexity index is 740. The van der Waals surface area contributed by atoms with Gasteiger partial charge in [0.1, 0.15) is 5.56 Å². The van der Waals surface area contributed by atoms with E-state index >= 15 is 0 Å². The number of anilines is 1. The van der Waals surface area contributed by atoms with Crippen molar-refractivity contribution < 1.29 is 9.53 Å². The molecule has 0 fully saturated rings. The number of pyridine rings is 1. The summed E-state index contributed by atoms with van der Waals surface area (Å²) in [5, 5.41) is 4.32. The molecule has 0 spiro atoms. The summed E-state index contributed by atoms with van der Waals surface area (Å²) in [7, 11) is 0. The molecule has 118 valence electrons. The van der Waals surface area contributed by atoms with Gasteiger partial charge in [-0.25, -0.2) is 4.79 Å². The molecule has 0 atom stereocenters. The van der Waals surface area contributed by atoms with Crippen molar-refractivity contribution in [3.05, 3.63) is 39.1 Å². The third kappa shape index (κ3) is 3.25.